The van der Waals surface area contributed by atoms with Crippen LogP contribution >= 0.6 is 0 Å². The van der Waals surface area contributed by atoms with Gasteiger partial charge in [0.1, 0.15) is 5.41 Å². The minimum atomic E-state index is -0.690. The van der Waals surface area contributed by atoms with Gasteiger partial charge in [-0.25, -0.2) is 0 Å². The summed E-state index contributed by atoms with van der Waals surface area (Å²) in [6.07, 6.45) is 1.69. The Hall–Kier alpha value is -1.13. The molecule has 0 aliphatic carbocycles. The number of H-pyrrole nitrogens is 1. The zero-order valence-electron chi connectivity index (χ0n) is 7.12. The largest absolute Gasteiger partial charge is 0.395 e. The summed E-state index contributed by atoms with van der Waals surface area (Å²) in [5.41, 5.74) is -0.150. The van der Waals surface area contributed by atoms with Gasteiger partial charge in [-0.3, -0.25) is 4.79 Å². The van der Waals surface area contributed by atoms with E-state index in [-0.39, 0.29) is 12.4 Å². The van der Waals surface area contributed by atoms with Gasteiger partial charge in [0.2, 0.25) is 0 Å². The lowest BCUT2D eigenvalue weighted by molar-refractivity contribution is -0.109. The fraction of sp³-hybridized carbons (Fsp3) is 0.444. The smallest absolute Gasteiger partial charge is 0.192 e. The summed E-state index contributed by atoms with van der Waals surface area (Å²) >= 11 is 0. The van der Waals surface area contributed by atoms with Crippen molar-refractivity contribution in [1.82, 2.24) is 4.98 Å². The van der Waals surface area contributed by atoms with Crippen molar-refractivity contribution in [3.8, 4) is 0 Å². The molecule has 0 aromatic carbocycles. The number of carbonyl (C=O) groups excluding carboxylic acids is 1. The molecule has 4 nitrogen and oxygen atoms in total. The summed E-state index contributed by atoms with van der Waals surface area (Å²) in [5.74, 6) is -0.0637. The van der Waals surface area contributed by atoms with Crippen molar-refractivity contribution in [3.63, 3.8) is 0 Å². The van der Waals surface area contributed by atoms with Gasteiger partial charge in [0.15, 0.2) is 5.78 Å². The predicted octanol–water partition coefficient (Wildman–Crippen LogP) is 0.206. The van der Waals surface area contributed by atoms with Crippen LogP contribution in [0, 0.1) is 5.41 Å². The quantitative estimate of drug-likeness (QED) is 0.655. The van der Waals surface area contributed by atoms with Gasteiger partial charge in [-0.2, -0.15) is 0 Å². The summed E-state index contributed by atoms with van der Waals surface area (Å²) in [6.45, 7) is 0.494. The van der Waals surface area contributed by atoms with Crippen molar-refractivity contribution in [2.45, 2.75) is 0 Å². The molecule has 2 rings (SSSR count). The van der Waals surface area contributed by atoms with Crippen molar-refractivity contribution in [2.24, 2.45) is 5.41 Å². The predicted molar refractivity (Wildman–Crippen MR) is 45.5 cm³/mol. The molecule has 1 saturated heterocycles. The molecule has 0 atom stereocenters. The van der Waals surface area contributed by atoms with Crippen LogP contribution in [0.1, 0.15) is 10.5 Å². The molecule has 0 spiro atoms. The van der Waals surface area contributed by atoms with Gasteiger partial charge in [-0.15, -0.1) is 0 Å². The Bertz CT molecular complexity index is 295. The number of aromatic amines is 1. The van der Waals surface area contributed by atoms with Gasteiger partial charge >= 0.3 is 0 Å². The van der Waals surface area contributed by atoms with E-state index in [1.54, 1.807) is 18.3 Å². The highest BCUT2D eigenvalue weighted by atomic mass is 16.5. The molecular weight excluding hydrogens is 170 g/mol. The molecule has 2 N–H and O–H groups in total. The van der Waals surface area contributed by atoms with E-state index in [0.29, 0.717) is 18.9 Å². The molecule has 1 aromatic rings. The van der Waals surface area contributed by atoms with Crippen LogP contribution in [0.3, 0.4) is 0 Å². The second-order valence-electron chi connectivity index (χ2n) is 3.34. The van der Waals surface area contributed by atoms with Crippen molar-refractivity contribution in [2.75, 3.05) is 19.8 Å². The Labute approximate surface area is 75.5 Å². The minimum Gasteiger partial charge on any atom is -0.395 e. The molecule has 0 amide bonds. The molecule has 0 radical (unpaired) electrons. The molecule has 4 heteroatoms. The maximum Gasteiger partial charge on any atom is 0.192 e. The lowest BCUT2D eigenvalue weighted by Crippen LogP contribution is -2.51. The van der Waals surface area contributed by atoms with Crippen LogP contribution in [0.2, 0.25) is 0 Å². The third-order valence-electron chi connectivity index (χ3n) is 2.38. The normalized spacial score (nSPS) is 19.5. The highest BCUT2D eigenvalue weighted by Crippen LogP contribution is 2.30. The molecule has 1 aliphatic rings. The Morgan fingerprint density at radius 1 is 1.69 bits per heavy atom. The number of aromatic nitrogens is 1. The maximum absolute atomic E-state index is 11.8. The summed E-state index contributed by atoms with van der Waals surface area (Å²) < 4.78 is 4.95. The number of ketones is 1. The average molecular weight is 181 g/mol. The highest BCUT2D eigenvalue weighted by molar-refractivity contribution is 5.99. The number of Topliss-reactive ketones (excluding diaryl/α,β-unsaturated/α-hetero) is 1. The van der Waals surface area contributed by atoms with Gasteiger partial charge in [0.05, 0.1) is 25.5 Å². The van der Waals surface area contributed by atoms with Crippen LogP contribution in [0.5, 0.6) is 0 Å². The molecule has 0 saturated carbocycles. The molecule has 13 heavy (non-hydrogen) atoms. The number of aliphatic hydroxyl groups is 1. The van der Waals surface area contributed by atoms with E-state index >= 15 is 0 Å². The fourth-order valence-electron chi connectivity index (χ4n) is 1.40. The number of nitrogens with one attached hydrogen (secondary N) is 1. The SMILES string of the molecule is O=C(c1ccc[nH]1)C1(CO)COC1. The third-order valence-corrected chi connectivity index (χ3v) is 2.38. The number of carbonyl (C=O) groups is 1. The second-order valence-corrected chi connectivity index (χ2v) is 3.34. The first-order valence-electron chi connectivity index (χ1n) is 4.15. The van der Waals surface area contributed by atoms with Crippen molar-refractivity contribution < 1.29 is 14.6 Å². The Morgan fingerprint density at radius 2 is 2.46 bits per heavy atom. The summed E-state index contributed by atoms with van der Waals surface area (Å²) in [4.78, 5) is 14.6. The van der Waals surface area contributed by atoms with E-state index in [1.165, 1.54) is 0 Å². The van der Waals surface area contributed by atoms with Crippen molar-refractivity contribution in [3.05, 3.63) is 24.0 Å². The van der Waals surface area contributed by atoms with E-state index in [2.05, 4.69) is 4.98 Å². The van der Waals surface area contributed by atoms with Crippen molar-refractivity contribution >= 4 is 5.78 Å². The topological polar surface area (TPSA) is 62.3 Å². The van der Waals surface area contributed by atoms with E-state index in [9.17, 15) is 4.79 Å². The van der Waals surface area contributed by atoms with Gasteiger partial charge in [0.25, 0.3) is 0 Å². The Kier molecular flexibility index (Phi) is 1.94. The van der Waals surface area contributed by atoms with Crippen LogP contribution < -0.4 is 0 Å². The summed E-state index contributed by atoms with van der Waals surface area (Å²) in [5, 5.41) is 9.09. The first-order valence-corrected chi connectivity index (χ1v) is 4.15. The molecule has 0 bridgehead atoms. The van der Waals surface area contributed by atoms with Gasteiger partial charge < -0.3 is 14.8 Å². The number of hydrogen-bond acceptors (Lipinski definition) is 3. The summed E-state index contributed by atoms with van der Waals surface area (Å²) in [6, 6.07) is 3.47. The van der Waals surface area contributed by atoms with Crippen LogP contribution in [-0.4, -0.2) is 35.7 Å². The number of ether oxygens (including phenoxy) is 1. The standard InChI is InChI=1S/C9H11NO3/c11-4-9(5-13-6-9)8(12)7-2-1-3-10-7/h1-3,10-11H,4-6H2. The second kappa shape index (κ2) is 2.97. The fourth-order valence-corrected chi connectivity index (χ4v) is 1.40. The highest BCUT2D eigenvalue weighted by Gasteiger charge is 2.45. The zero-order valence-corrected chi connectivity index (χ0v) is 7.12. The third kappa shape index (κ3) is 1.18. The lowest BCUT2D eigenvalue weighted by atomic mass is 9.81. The van der Waals surface area contributed by atoms with E-state index < -0.39 is 5.41 Å². The molecule has 70 valence electrons. The van der Waals surface area contributed by atoms with Crippen LogP contribution in [0.4, 0.5) is 0 Å². The van der Waals surface area contributed by atoms with Crippen LogP contribution in [0.25, 0.3) is 0 Å². The van der Waals surface area contributed by atoms with E-state index in [1.807, 2.05) is 0 Å². The molecule has 1 fully saturated rings. The first-order chi connectivity index (χ1) is 6.28. The summed E-state index contributed by atoms with van der Waals surface area (Å²) in [7, 11) is 0. The molecule has 1 aliphatic heterocycles. The van der Waals surface area contributed by atoms with E-state index in [4.69, 9.17) is 9.84 Å². The van der Waals surface area contributed by atoms with Crippen molar-refractivity contribution in [1.29, 1.82) is 0 Å². The lowest BCUT2D eigenvalue weighted by Gasteiger charge is -2.37. The van der Waals surface area contributed by atoms with Gasteiger partial charge in [-0.05, 0) is 12.1 Å². The monoisotopic (exact) mass is 181 g/mol. The molecule has 2 heterocycles. The van der Waals surface area contributed by atoms with Crippen LogP contribution in [0.15, 0.2) is 18.3 Å². The maximum atomic E-state index is 11.8. The molecule has 0 unspecified atom stereocenters. The van der Waals surface area contributed by atoms with Gasteiger partial charge in [0, 0.05) is 6.20 Å². The Morgan fingerprint density at radius 3 is 2.85 bits per heavy atom. The zero-order chi connectivity index (χ0) is 9.31. The molecular formula is C9H11NO3. The van der Waals surface area contributed by atoms with Crippen LogP contribution in [-0.2, 0) is 4.74 Å². The van der Waals surface area contributed by atoms with Gasteiger partial charge in [-0.1, -0.05) is 0 Å². The average Bonchev–Trinajstić information content (AvgIpc) is 2.54. The number of aliphatic hydroxyl groups excluding tert-OH is 1. The minimum absolute atomic E-state index is 0.0637. The molecule has 1 aromatic heterocycles. The van der Waals surface area contributed by atoms with E-state index in [0.717, 1.165) is 0 Å². The number of hydrogen-bond donors (Lipinski definition) is 2. The number of rotatable bonds is 3. The Balaban J connectivity index is 2.21. The first kappa shape index (κ1) is 8.47.